The van der Waals surface area contributed by atoms with Crippen LogP contribution >= 0.6 is 0 Å². The molecule has 5 saturated heterocycles. The summed E-state index contributed by atoms with van der Waals surface area (Å²) in [7, 11) is 0. The van der Waals surface area contributed by atoms with Crippen LogP contribution in [0, 0.1) is 0 Å². The maximum Gasteiger partial charge on any atom is 0.222 e. The molecule has 0 aromatic carbocycles. The zero-order valence-electron chi connectivity index (χ0n) is 25.7. The first-order valence-electron chi connectivity index (χ1n) is 15.9. The fraction of sp³-hybridized carbons (Fsp3) is 0.857. The number of aliphatic hydroxyl groups excluding tert-OH is 8. The zero-order chi connectivity index (χ0) is 34.9. The number of ether oxygens (including phenoxy) is 4. The van der Waals surface area contributed by atoms with E-state index in [0.717, 1.165) is 0 Å². The number of nitrogens with one attached hydrogen (secondary N) is 4. The minimum atomic E-state index is -1.48. The summed E-state index contributed by atoms with van der Waals surface area (Å²) < 4.78 is 22.4. The molecule has 5 rings (SSSR count). The molecule has 0 aliphatic carbocycles. The standard InChI is InChI=1S/C28H44N4O16/c33-17-1-9-21(37)25(41)13(45-9)6-30-18(34)3-11-23(39)27(43)15(47-11)8-32-20(36)4-12-24(40)28(44)16(48-12)7-31-19(35)2-10-22(38)26(42)14(46-10)5-29-17/h9-16,21-28,37-44H,1-8H2,(H,29,33)(H,30,34)(H,31,35)(H,32,36)/t9-,10-,11-,12-,13+,14+,15+,16+,21-,22-,23-,24-,25+,26+,27+,28+/m0/s1. The van der Waals surface area contributed by atoms with Crippen LogP contribution in [-0.2, 0) is 38.1 Å². The summed E-state index contributed by atoms with van der Waals surface area (Å²) in [6, 6.07) is 0. The normalized spacial score (nSPS) is 47.0. The highest BCUT2D eigenvalue weighted by atomic mass is 16.6. The molecule has 5 fully saturated rings. The highest BCUT2D eigenvalue weighted by Gasteiger charge is 2.48. The predicted octanol–water partition coefficient (Wildman–Crippen LogP) is -8.02. The molecule has 8 bridgehead atoms. The Kier molecular flexibility index (Phi) is 11.9. The molecular weight excluding hydrogens is 648 g/mol. The third-order valence-electron chi connectivity index (χ3n) is 9.39. The molecule has 5 heterocycles. The average molecular weight is 693 g/mol. The third kappa shape index (κ3) is 8.22. The molecule has 20 heteroatoms. The van der Waals surface area contributed by atoms with Gasteiger partial charge in [0, 0.05) is 26.2 Å². The van der Waals surface area contributed by atoms with Gasteiger partial charge < -0.3 is 81.1 Å². The van der Waals surface area contributed by atoms with Crippen LogP contribution in [0.15, 0.2) is 0 Å². The van der Waals surface area contributed by atoms with E-state index < -0.39 is 147 Å². The van der Waals surface area contributed by atoms with Crippen LogP contribution in [0.4, 0.5) is 0 Å². The van der Waals surface area contributed by atoms with Gasteiger partial charge in [-0.2, -0.15) is 0 Å². The maximum absolute atomic E-state index is 12.6. The van der Waals surface area contributed by atoms with Gasteiger partial charge in [0.15, 0.2) is 0 Å². The number of aliphatic hydroxyl groups is 8. The van der Waals surface area contributed by atoms with Crippen LogP contribution in [0.5, 0.6) is 0 Å². The van der Waals surface area contributed by atoms with Crippen LogP contribution in [0.1, 0.15) is 25.7 Å². The number of rotatable bonds is 0. The van der Waals surface area contributed by atoms with Gasteiger partial charge in [-0.05, 0) is 0 Å². The Morgan fingerprint density at radius 3 is 0.688 bits per heavy atom. The Bertz CT molecular complexity index is 1010. The molecule has 20 nitrogen and oxygen atoms in total. The Balaban J connectivity index is 1.24. The molecule has 5 aliphatic heterocycles. The molecule has 272 valence electrons. The monoisotopic (exact) mass is 692 g/mol. The number of hydrogen-bond donors (Lipinski definition) is 12. The van der Waals surface area contributed by atoms with Crippen molar-refractivity contribution in [3.63, 3.8) is 0 Å². The molecule has 0 saturated carbocycles. The maximum atomic E-state index is 12.6. The summed E-state index contributed by atoms with van der Waals surface area (Å²) in [5.41, 5.74) is 0. The molecule has 16 atom stereocenters. The minimum absolute atomic E-state index is 0.278. The predicted molar refractivity (Wildman–Crippen MR) is 153 cm³/mol. The summed E-state index contributed by atoms with van der Waals surface area (Å²) in [6.45, 7) is -1.11. The largest absolute Gasteiger partial charge is 0.388 e. The zero-order valence-corrected chi connectivity index (χ0v) is 25.7. The van der Waals surface area contributed by atoms with Crippen molar-refractivity contribution in [3.8, 4) is 0 Å². The van der Waals surface area contributed by atoms with E-state index in [9.17, 15) is 60.0 Å². The molecule has 0 aromatic rings. The molecule has 4 amide bonds. The van der Waals surface area contributed by atoms with Gasteiger partial charge in [0.05, 0.1) is 50.1 Å². The SMILES string of the molecule is O=C1C[C@@H]2O[C@H](CNC(=O)C[C@@H]3O[C@H](CNC(=O)C[C@@H]4O[C@H](CNC(=O)C[C@@H]5O[C@H](CN1)[C@@H](O)[C@H]5O)[C@@H](O)[C@H]4O)[C@@H](O)[C@H]3O)[C@@H](O)[C@H]2O. The first-order valence-corrected chi connectivity index (χ1v) is 15.9. The van der Waals surface area contributed by atoms with Gasteiger partial charge in [-0.3, -0.25) is 19.2 Å². The van der Waals surface area contributed by atoms with E-state index in [-0.39, 0.29) is 26.2 Å². The number of amides is 4. The van der Waals surface area contributed by atoms with Crippen molar-refractivity contribution in [1.29, 1.82) is 0 Å². The number of hydrogen-bond acceptors (Lipinski definition) is 16. The molecular formula is C28H44N4O16. The van der Waals surface area contributed by atoms with Gasteiger partial charge in [-0.25, -0.2) is 0 Å². The highest BCUT2D eigenvalue weighted by Crippen LogP contribution is 2.27. The summed E-state index contributed by atoms with van der Waals surface area (Å²) in [5.74, 6) is -2.60. The van der Waals surface area contributed by atoms with Gasteiger partial charge in [-0.15, -0.1) is 0 Å². The van der Waals surface area contributed by atoms with Crippen LogP contribution < -0.4 is 21.3 Å². The highest BCUT2D eigenvalue weighted by molar-refractivity contribution is 5.78. The molecule has 0 aromatic heterocycles. The first-order chi connectivity index (χ1) is 22.7. The quantitative estimate of drug-likeness (QED) is 0.112. The van der Waals surface area contributed by atoms with Crippen molar-refractivity contribution in [2.45, 2.75) is 123 Å². The number of carbonyl (C=O) groups is 4. The lowest BCUT2D eigenvalue weighted by Gasteiger charge is -2.19. The lowest BCUT2D eigenvalue weighted by Crippen LogP contribution is -2.42. The van der Waals surface area contributed by atoms with Gasteiger partial charge in [-0.1, -0.05) is 0 Å². The second kappa shape index (κ2) is 15.5. The van der Waals surface area contributed by atoms with Crippen molar-refractivity contribution >= 4 is 23.6 Å². The molecule has 0 unspecified atom stereocenters. The number of carbonyl (C=O) groups excluding carboxylic acids is 4. The lowest BCUT2D eigenvalue weighted by atomic mass is 10.0. The second-order valence-corrected chi connectivity index (χ2v) is 12.8. The van der Waals surface area contributed by atoms with E-state index in [0.29, 0.717) is 0 Å². The van der Waals surface area contributed by atoms with E-state index in [4.69, 9.17) is 18.9 Å². The van der Waals surface area contributed by atoms with E-state index >= 15 is 0 Å². The van der Waals surface area contributed by atoms with Crippen LogP contribution in [0.2, 0.25) is 0 Å². The Hall–Kier alpha value is -2.60. The van der Waals surface area contributed by atoms with Crippen LogP contribution in [0.25, 0.3) is 0 Å². The lowest BCUT2D eigenvalue weighted by molar-refractivity contribution is -0.129. The topological polar surface area (TPSA) is 315 Å². The number of fused-ring (bicyclic) bond motifs is 8. The molecule has 12 N–H and O–H groups in total. The van der Waals surface area contributed by atoms with E-state index in [2.05, 4.69) is 21.3 Å². The molecule has 5 aliphatic rings. The smallest absolute Gasteiger partial charge is 0.222 e. The second-order valence-electron chi connectivity index (χ2n) is 12.8. The van der Waals surface area contributed by atoms with E-state index in [1.54, 1.807) is 0 Å². The van der Waals surface area contributed by atoms with Gasteiger partial charge in [0.1, 0.15) is 73.2 Å². The molecule has 48 heavy (non-hydrogen) atoms. The van der Waals surface area contributed by atoms with Crippen molar-refractivity contribution in [2.75, 3.05) is 26.2 Å². The van der Waals surface area contributed by atoms with Crippen molar-refractivity contribution in [2.24, 2.45) is 0 Å². The van der Waals surface area contributed by atoms with Crippen molar-refractivity contribution in [1.82, 2.24) is 21.3 Å². The van der Waals surface area contributed by atoms with Crippen molar-refractivity contribution < 1.29 is 79.0 Å². The van der Waals surface area contributed by atoms with Gasteiger partial charge in [0.25, 0.3) is 0 Å². The Morgan fingerprint density at radius 1 is 0.333 bits per heavy atom. The van der Waals surface area contributed by atoms with Crippen LogP contribution in [-0.4, -0.2) is 188 Å². The van der Waals surface area contributed by atoms with Crippen molar-refractivity contribution in [3.05, 3.63) is 0 Å². The summed E-state index contributed by atoms with van der Waals surface area (Å²) in [4.78, 5) is 50.4. The summed E-state index contributed by atoms with van der Waals surface area (Å²) >= 11 is 0. The minimum Gasteiger partial charge on any atom is -0.388 e. The fourth-order valence-corrected chi connectivity index (χ4v) is 6.53. The summed E-state index contributed by atoms with van der Waals surface area (Å²) in [6.07, 6.45) is -22.5. The van der Waals surface area contributed by atoms with Gasteiger partial charge >= 0.3 is 0 Å². The third-order valence-corrected chi connectivity index (χ3v) is 9.39. The van der Waals surface area contributed by atoms with Crippen LogP contribution in [0.3, 0.4) is 0 Å². The van der Waals surface area contributed by atoms with E-state index in [1.807, 2.05) is 0 Å². The summed E-state index contributed by atoms with van der Waals surface area (Å²) in [5, 5.41) is 93.4. The first kappa shape index (κ1) is 36.7. The molecule has 0 radical (unpaired) electrons. The van der Waals surface area contributed by atoms with Gasteiger partial charge in [0.2, 0.25) is 23.6 Å². The van der Waals surface area contributed by atoms with E-state index in [1.165, 1.54) is 0 Å². The average Bonchev–Trinajstić information content (AvgIpc) is 3.67. The molecule has 0 spiro atoms. The fourth-order valence-electron chi connectivity index (χ4n) is 6.53. The Morgan fingerprint density at radius 2 is 0.500 bits per heavy atom. The Labute approximate surface area is 273 Å².